The van der Waals surface area contributed by atoms with Crippen molar-refractivity contribution in [1.82, 2.24) is 4.98 Å². The molecule has 1 aliphatic rings. The third-order valence-corrected chi connectivity index (χ3v) is 3.04. The SMILES string of the molecule is O=C(Nc1ccc(NC2CC2)cn1)c1cccc(F)c1. The van der Waals surface area contributed by atoms with Gasteiger partial charge in [0, 0.05) is 11.6 Å². The lowest BCUT2D eigenvalue weighted by Crippen LogP contribution is -2.13. The second kappa shape index (κ2) is 5.28. The highest BCUT2D eigenvalue weighted by Gasteiger charge is 2.20. The summed E-state index contributed by atoms with van der Waals surface area (Å²) in [5.74, 6) is -0.366. The third kappa shape index (κ3) is 3.12. The van der Waals surface area contributed by atoms with Gasteiger partial charge in [0.2, 0.25) is 0 Å². The summed E-state index contributed by atoms with van der Waals surface area (Å²) < 4.78 is 13.0. The highest BCUT2D eigenvalue weighted by Crippen LogP contribution is 2.24. The van der Waals surface area contributed by atoms with Crippen LogP contribution in [0.1, 0.15) is 23.2 Å². The number of aromatic nitrogens is 1. The van der Waals surface area contributed by atoms with E-state index in [1.54, 1.807) is 18.3 Å². The van der Waals surface area contributed by atoms with Crippen molar-refractivity contribution in [2.24, 2.45) is 0 Å². The predicted molar refractivity (Wildman–Crippen MR) is 75.2 cm³/mol. The van der Waals surface area contributed by atoms with E-state index in [1.807, 2.05) is 6.07 Å². The van der Waals surface area contributed by atoms with Crippen molar-refractivity contribution in [3.63, 3.8) is 0 Å². The van der Waals surface area contributed by atoms with E-state index in [2.05, 4.69) is 15.6 Å². The maximum atomic E-state index is 13.0. The molecule has 1 aromatic heterocycles. The largest absolute Gasteiger partial charge is 0.381 e. The lowest BCUT2D eigenvalue weighted by molar-refractivity contribution is 0.102. The Morgan fingerprint density at radius 1 is 1.25 bits per heavy atom. The molecule has 1 fully saturated rings. The van der Waals surface area contributed by atoms with Crippen LogP contribution in [0.2, 0.25) is 0 Å². The summed E-state index contributed by atoms with van der Waals surface area (Å²) in [6, 6.07) is 9.70. The van der Waals surface area contributed by atoms with E-state index >= 15 is 0 Å². The summed E-state index contributed by atoms with van der Waals surface area (Å²) in [4.78, 5) is 16.1. The molecule has 1 aliphatic carbocycles. The predicted octanol–water partition coefficient (Wildman–Crippen LogP) is 3.05. The molecule has 0 atom stereocenters. The maximum absolute atomic E-state index is 13.0. The van der Waals surface area contributed by atoms with Crippen LogP contribution in [0, 0.1) is 5.82 Å². The van der Waals surface area contributed by atoms with Gasteiger partial charge in [0.1, 0.15) is 11.6 Å². The third-order valence-electron chi connectivity index (χ3n) is 3.04. The molecular formula is C15H14FN3O. The van der Waals surface area contributed by atoms with Crippen molar-refractivity contribution in [1.29, 1.82) is 0 Å². The molecule has 20 heavy (non-hydrogen) atoms. The minimum atomic E-state index is -0.436. The van der Waals surface area contributed by atoms with Crippen LogP contribution in [0.5, 0.6) is 0 Å². The van der Waals surface area contributed by atoms with Gasteiger partial charge in [-0.2, -0.15) is 0 Å². The fourth-order valence-corrected chi connectivity index (χ4v) is 1.83. The Bertz CT molecular complexity index is 623. The number of amides is 1. The molecular weight excluding hydrogens is 257 g/mol. The molecule has 5 heteroatoms. The fourth-order valence-electron chi connectivity index (χ4n) is 1.83. The van der Waals surface area contributed by atoms with E-state index in [0.717, 1.165) is 5.69 Å². The minimum Gasteiger partial charge on any atom is -0.381 e. The molecule has 0 bridgehead atoms. The molecule has 2 aromatic rings. The molecule has 1 aromatic carbocycles. The summed E-state index contributed by atoms with van der Waals surface area (Å²) in [5.41, 5.74) is 1.21. The normalized spacial score (nSPS) is 13.8. The maximum Gasteiger partial charge on any atom is 0.256 e. The van der Waals surface area contributed by atoms with Gasteiger partial charge in [0.25, 0.3) is 5.91 Å². The van der Waals surface area contributed by atoms with Crippen LogP contribution < -0.4 is 10.6 Å². The van der Waals surface area contributed by atoms with Crippen LogP contribution in [-0.4, -0.2) is 16.9 Å². The minimum absolute atomic E-state index is 0.270. The average Bonchev–Trinajstić information content (AvgIpc) is 3.25. The summed E-state index contributed by atoms with van der Waals surface area (Å²) in [5, 5.41) is 5.95. The number of benzene rings is 1. The van der Waals surface area contributed by atoms with Crippen molar-refractivity contribution in [3.8, 4) is 0 Å². The number of hydrogen-bond donors (Lipinski definition) is 2. The van der Waals surface area contributed by atoms with Crippen LogP contribution in [-0.2, 0) is 0 Å². The first-order valence-electron chi connectivity index (χ1n) is 6.50. The van der Waals surface area contributed by atoms with Crippen molar-refractivity contribution in [3.05, 3.63) is 54.0 Å². The molecule has 0 aliphatic heterocycles. The van der Waals surface area contributed by atoms with Gasteiger partial charge < -0.3 is 10.6 Å². The smallest absolute Gasteiger partial charge is 0.256 e. The number of halogens is 1. The number of pyridine rings is 1. The molecule has 4 nitrogen and oxygen atoms in total. The second-order valence-electron chi connectivity index (χ2n) is 4.82. The van der Waals surface area contributed by atoms with Gasteiger partial charge in [-0.15, -0.1) is 0 Å². The summed E-state index contributed by atoms with van der Waals surface area (Å²) >= 11 is 0. The van der Waals surface area contributed by atoms with Crippen molar-refractivity contribution in [2.75, 3.05) is 10.6 Å². The number of nitrogens with one attached hydrogen (secondary N) is 2. The molecule has 102 valence electrons. The van der Waals surface area contributed by atoms with Crippen molar-refractivity contribution < 1.29 is 9.18 Å². The zero-order chi connectivity index (χ0) is 13.9. The molecule has 0 spiro atoms. The Kier molecular flexibility index (Phi) is 3.33. The van der Waals surface area contributed by atoms with E-state index in [-0.39, 0.29) is 11.5 Å². The Hall–Kier alpha value is -2.43. The van der Waals surface area contributed by atoms with Gasteiger partial charge in [-0.05, 0) is 43.2 Å². The lowest BCUT2D eigenvalue weighted by atomic mass is 10.2. The zero-order valence-corrected chi connectivity index (χ0v) is 10.8. The van der Waals surface area contributed by atoms with Crippen LogP contribution in [0.3, 0.4) is 0 Å². The van der Waals surface area contributed by atoms with E-state index in [1.165, 1.54) is 31.0 Å². The molecule has 1 heterocycles. The number of rotatable bonds is 4. The summed E-state index contributed by atoms with van der Waals surface area (Å²) in [7, 11) is 0. The number of hydrogen-bond acceptors (Lipinski definition) is 3. The number of carbonyl (C=O) groups is 1. The Balaban J connectivity index is 1.65. The standard InChI is InChI=1S/C15H14FN3O/c16-11-3-1-2-10(8-11)15(20)19-14-7-6-13(9-17-14)18-12-4-5-12/h1-3,6-9,12,18H,4-5H2,(H,17,19,20). The quantitative estimate of drug-likeness (QED) is 0.898. The van der Waals surface area contributed by atoms with E-state index in [4.69, 9.17) is 0 Å². The molecule has 0 saturated heterocycles. The summed E-state index contributed by atoms with van der Waals surface area (Å²) in [6.45, 7) is 0. The Labute approximate surface area is 116 Å². The first-order valence-corrected chi connectivity index (χ1v) is 6.50. The van der Waals surface area contributed by atoms with Gasteiger partial charge >= 0.3 is 0 Å². The van der Waals surface area contributed by atoms with Crippen LogP contribution in [0.25, 0.3) is 0 Å². The molecule has 1 amide bonds. The lowest BCUT2D eigenvalue weighted by Gasteiger charge is -2.07. The van der Waals surface area contributed by atoms with Gasteiger partial charge in [-0.25, -0.2) is 9.37 Å². The Morgan fingerprint density at radius 3 is 2.75 bits per heavy atom. The van der Waals surface area contributed by atoms with Gasteiger partial charge in [0.15, 0.2) is 0 Å². The van der Waals surface area contributed by atoms with Crippen molar-refractivity contribution >= 4 is 17.4 Å². The topological polar surface area (TPSA) is 54.0 Å². The molecule has 3 rings (SSSR count). The average molecular weight is 271 g/mol. The highest BCUT2D eigenvalue weighted by molar-refractivity contribution is 6.03. The number of carbonyl (C=O) groups excluding carboxylic acids is 1. The van der Waals surface area contributed by atoms with E-state index in [0.29, 0.717) is 11.9 Å². The first-order chi connectivity index (χ1) is 9.70. The molecule has 0 unspecified atom stereocenters. The van der Waals surface area contributed by atoms with Gasteiger partial charge in [0.05, 0.1) is 11.9 Å². The number of nitrogens with zero attached hydrogens (tertiary/aromatic N) is 1. The highest BCUT2D eigenvalue weighted by atomic mass is 19.1. The van der Waals surface area contributed by atoms with Crippen LogP contribution in [0.15, 0.2) is 42.6 Å². The van der Waals surface area contributed by atoms with E-state index in [9.17, 15) is 9.18 Å². The molecule has 2 N–H and O–H groups in total. The zero-order valence-electron chi connectivity index (χ0n) is 10.8. The monoisotopic (exact) mass is 271 g/mol. The molecule has 1 saturated carbocycles. The van der Waals surface area contributed by atoms with Gasteiger partial charge in [-0.1, -0.05) is 6.07 Å². The molecule has 0 radical (unpaired) electrons. The fraction of sp³-hybridized carbons (Fsp3) is 0.200. The summed E-state index contributed by atoms with van der Waals surface area (Å²) in [6.07, 6.45) is 4.07. The van der Waals surface area contributed by atoms with Gasteiger partial charge in [-0.3, -0.25) is 4.79 Å². The van der Waals surface area contributed by atoms with Crippen LogP contribution >= 0.6 is 0 Å². The first kappa shape index (κ1) is 12.6. The van der Waals surface area contributed by atoms with Crippen LogP contribution in [0.4, 0.5) is 15.9 Å². The van der Waals surface area contributed by atoms with Crippen molar-refractivity contribution in [2.45, 2.75) is 18.9 Å². The number of anilines is 2. The second-order valence-corrected chi connectivity index (χ2v) is 4.82. The Morgan fingerprint density at radius 2 is 2.10 bits per heavy atom. The van der Waals surface area contributed by atoms with E-state index < -0.39 is 5.82 Å².